The first-order valence-electron chi connectivity index (χ1n) is 5.16. The van der Waals surface area contributed by atoms with Gasteiger partial charge in [-0.15, -0.1) is 0 Å². The van der Waals surface area contributed by atoms with Gasteiger partial charge in [0.2, 0.25) is 0 Å². The molecule has 1 aromatic rings. The molecule has 1 unspecified atom stereocenters. The molecule has 0 fully saturated rings. The maximum Gasteiger partial charge on any atom is 0.129 e. The van der Waals surface area contributed by atoms with Crippen LogP contribution in [0.4, 0.5) is 4.39 Å². The van der Waals surface area contributed by atoms with E-state index in [1.807, 2.05) is 6.07 Å². The molecule has 0 aliphatic carbocycles. The zero-order valence-corrected chi connectivity index (χ0v) is 9.29. The van der Waals surface area contributed by atoms with E-state index in [0.29, 0.717) is 24.6 Å². The third kappa shape index (κ3) is 3.29. The highest BCUT2D eigenvalue weighted by atomic mass is 19.1. The Balaban J connectivity index is 2.81. The molecule has 15 heavy (non-hydrogen) atoms. The van der Waals surface area contributed by atoms with Crippen LogP contribution in [0.3, 0.4) is 0 Å². The molecule has 0 saturated carbocycles. The standard InChI is InChI=1S/C12H18FNO/c1-9(5-6-14)10-3-4-11(8-15-2)12(13)7-10/h3-4,7,9H,5-6,8,14H2,1-2H3. The van der Waals surface area contributed by atoms with E-state index in [4.69, 9.17) is 10.5 Å². The number of hydrogen-bond donors (Lipinski definition) is 1. The molecule has 0 amide bonds. The number of halogens is 1. The number of rotatable bonds is 5. The van der Waals surface area contributed by atoms with Crippen LogP contribution in [0.15, 0.2) is 18.2 Å². The van der Waals surface area contributed by atoms with Gasteiger partial charge < -0.3 is 10.5 Å². The van der Waals surface area contributed by atoms with Gasteiger partial charge in [-0.05, 0) is 30.5 Å². The highest BCUT2D eigenvalue weighted by molar-refractivity contribution is 5.26. The molecule has 1 rings (SSSR count). The highest BCUT2D eigenvalue weighted by Gasteiger charge is 2.08. The molecule has 0 saturated heterocycles. The van der Waals surface area contributed by atoms with Gasteiger partial charge in [0.05, 0.1) is 6.61 Å². The summed E-state index contributed by atoms with van der Waals surface area (Å²) in [6, 6.07) is 5.30. The Kier molecular flexibility index (Phi) is 4.72. The molecule has 1 atom stereocenters. The van der Waals surface area contributed by atoms with Crippen molar-refractivity contribution in [2.24, 2.45) is 5.73 Å². The predicted octanol–water partition coefficient (Wildman–Crippen LogP) is 2.42. The summed E-state index contributed by atoms with van der Waals surface area (Å²) < 4.78 is 18.4. The van der Waals surface area contributed by atoms with E-state index in [2.05, 4.69) is 6.92 Å². The zero-order chi connectivity index (χ0) is 11.3. The number of nitrogens with two attached hydrogens (primary N) is 1. The largest absolute Gasteiger partial charge is 0.380 e. The smallest absolute Gasteiger partial charge is 0.129 e. The molecular weight excluding hydrogens is 193 g/mol. The second kappa shape index (κ2) is 5.83. The minimum absolute atomic E-state index is 0.196. The molecule has 0 bridgehead atoms. The Bertz CT molecular complexity index is 314. The SMILES string of the molecule is COCc1ccc(C(C)CCN)cc1F. The van der Waals surface area contributed by atoms with Crippen molar-refractivity contribution in [3.8, 4) is 0 Å². The van der Waals surface area contributed by atoms with Crippen molar-refractivity contribution in [3.05, 3.63) is 35.1 Å². The number of ether oxygens (including phenoxy) is 1. The second-order valence-electron chi connectivity index (χ2n) is 3.76. The van der Waals surface area contributed by atoms with Gasteiger partial charge in [-0.2, -0.15) is 0 Å². The summed E-state index contributed by atoms with van der Waals surface area (Å²) in [4.78, 5) is 0. The maximum atomic E-state index is 13.5. The van der Waals surface area contributed by atoms with Crippen molar-refractivity contribution in [2.45, 2.75) is 25.9 Å². The van der Waals surface area contributed by atoms with Gasteiger partial charge in [0.25, 0.3) is 0 Å². The molecule has 1 aromatic carbocycles. The lowest BCUT2D eigenvalue weighted by Crippen LogP contribution is -2.05. The average molecular weight is 211 g/mol. The average Bonchev–Trinajstić information content (AvgIpc) is 2.21. The molecule has 0 aromatic heterocycles. The summed E-state index contributed by atoms with van der Waals surface area (Å²) in [6.45, 7) is 3.00. The molecule has 2 nitrogen and oxygen atoms in total. The molecule has 0 aliphatic rings. The molecule has 0 heterocycles. The molecular formula is C12H18FNO. The van der Waals surface area contributed by atoms with Gasteiger partial charge in [-0.25, -0.2) is 4.39 Å². The van der Waals surface area contributed by atoms with E-state index < -0.39 is 0 Å². The fourth-order valence-corrected chi connectivity index (χ4v) is 1.56. The van der Waals surface area contributed by atoms with E-state index in [0.717, 1.165) is 12.0 Å². The van der Waals surface area contributed by atoms with Crippen molar-refractivity contribution in [1.29, 1.82) is 0 Å². The Hall–Kier alpha value is -0.930. The summed E-state index contributed by atoms with van der Waals surface area (Å²) in [6.07, 6.45) is 0.878. The van der Waals surface area contributed by atoms with E-state index in [-0.39, 0.29) is 5.82 Å². The minimum atomic E-state index is -0.196. The second-order valence-corrected chi connectivity index (χ2v) is 3.76. The summed E-state index contributed by atoms with van der Waals surface area (Å²) in [7, 11) is 1.56. The Morgan fingerprint density at radius 1 is 1.47 bits per heavy atom. The fourth-order valence-electron chi connectivity index (χ4n) is 1.56. The molecule has 0 aliphatic heterocycles. The molecule has 3 heteroatoms. The van der Waals surface area contributed by atoms with Gasteiger partial charge in [0, 0.05) is 12.7 Å². The van der Waals surface area contributed by atoms with Gasteiger partial charge >= 0.3 is 0 Å². The van der Waals surface area contributed by atoms with Crippen LogP contribution < -0.4 is 5.73 Å². The van der Waals surface area contributed by atoms with Crippen molar-refractivity contribution in [2.75, 3.05) is 13.7 Å². The topological polar surface area (TPSA) is 35.2 Å². The number of methoxy groups -OCH3 is 1. The molecule has 0 radical (unpaired) electrons. The third-order valence-corrected chi connectivity index (χ3v) is 2.55. The lowest BCUT2D eigenvalue weighted by Gasteiger charge is -2.11. The van der Waals surface area contributed by atoms with Crippen LogP contribution in [0.25, 0.3) is 0 Å². The quantitative estimate of drug-likeness (QED) is 0.811. The highest BCUT2D eigenvalue weighted by Crippen LogP contribution is 2.21. The van der Waals surface area contributed by atoms with Crippen LogP contribution in [0.5, 0.6) is 0 Å². The summed E-state index contributed by atoms with van der Waals surface area (Å²) >= 11 is 0. The Labute approximate surface area is 90.2 Å². The van der Waals surface area contributed by atoms with E-state index in [1.54, 1.807) is 19.2 Å². The summed E-state index contributed by atoms with van der Waals surface area (Å²) in [5.41, 5.74) is 7.06. The summed E-state index contributed by atoms with van der Waals surface area (Å²) in [5.74, 6) is 0.110. The normalized spacial score (nSPS) is 12.8. The first kappa shape index (κ1) is 12.1. The summed E-state index contributed by atoms with van der Waals surface area (Å²) in [5, 5.41) is 0. The van der Waals surface area contributed by atoms with Gasteiger partial charge in [-0.1, -0.05) is 19.1 Å². The Morgan fingerprint density at radius 3 is 2.73 bits per heavy atom. The van der Waals surface area contributed by atoms with E-state index in [1.165, 1.54) is 0 Å². The van der Waals surface area contributed by atoms with Gasteiger partial charge in [0.1, 0.15) is 5.82 Å². The first-order valence-corrected chi connectivity index (χ1v) is 5.16. The third-order valence-electron chi connectivity index (χ3n) is 2.55. The van der Waals surface area contributed by atoms with Crippen molar-refractivity contribution >= 4 is 0 Å². The lowest BCUT2D eigenvalue weighted by molar-refractivity contribution is 0.181. The van der Waals surface area contributed by atoms with Crippen LogP contribution in [-0.2, 0) is 11.3 Å². The van der Waals surface area contributed by atoms with Crippen LogP contribution >= 0.6 is 0 Å². The zero-order valence-electron chi connectivity index (χ0n) is 9.29. The Morgan fingerprint density at radius 2 is 2.20 bits per heavy atom. The van der Waals surface area contributed by atoms with Gasteiger partial charge in [0.15, 0.2) is 0 Å². The lowest BCUT2D eigenvalue weighted by atomic mass is 9.96. The van der Waals surface area contributed by atoms with Crippen molar-refractivity contribution in [3.63, 3.8) is 0 Å². The first-order chi connectivity index (χ1) is 7.19. The fraction of sp³-hybridized carbons (Fsp3) is 0.500. The predicted molar refractivity (Wildman–Crippen MR) is 59.2 cm³/mol. The van der Waals surface area contributed by atoms with Crippen LogP contribution in [-0.4, -0.2) is 13.7 Å². The molecule has 2 N–H and O–H groups in total. The van der Waals surface area contributed by atoms with E-state index >= 15 is 0 Å². The monoisotopic (exact) mass is 211 g/mol. The van der Waals surface area contributed by atoms with Crippen LogP contribution in [0.1, 0.15) is 30.4 Å². The van der Waals surface area contributed by atoms with Crippen LogP contribution in [0.2, 0.25) is 0 Å². The maximum absolute atomic E-state index is 13.5. The van der Waals surface area contributed by atoms with Gasteiger partial charge in [-0.3, -0.25) is 0 Å². The van der Waals surface area contributed by atoms with E-state index in [9.17, 15) is 4.39 Å². The number of benzene rings is 1. The van der Waals surface area contributed by atoms with Crippen molar-refractivity contribution < 1.29 is 9.13 Å². The molecule has 0 spiro atoms. The molecule has 84 valence electrons. The van der Waals surface area contributed by atoms with Crippen molar-refractivity contribution in [1.82, 2.24) is 0 Å². The van der Waals surface area contributed by atoms with Crippen LogP contribution in [0, 0.1) is 5.82 Å². The minimum Gasteiger partial charge on any atom is -0.380 e. The number of hydrogen-bond acceptors (Lipinski definition) is 2.